The Balaban J connectivity index is 1.58. The molecule has 0 atom stereocenters. The third-order valence-electron chi connectivity index (χ3n) is 4.03. The topological polar surface area (TPSA) is 84.7 Å². The van der Waals surface area contributed by atoms with Crippen molar-refractivity contribution in [3.05, 3.63) is 58.8 Å². The number of anilines is 2. The summed E-state index contributed by atoms with van der Waals surface area (Å²) in [5, 5.41) is 4.99. The maximum absolute atomic E-state index is 12.2. The van der Waals surface area contributed by atoms with Gasteiger partial charge in [-0.25, -0.2) is 4.98 Å². The number of thiazole rings is 1. The van der Waals surface area contributed by atoms with E-state index in [4.69, 9.17) is 9.15 Å². The Labute approximate surface area is 172 Å². The molecule has 3 aromatic rings. The number of amides is 2. The molecule has 9 heteroatoms. The summed E-state index contributed by atoms with van der Waals surface area (Å²) in [5.74, 6) is 0.319. The number of carbonyl (C=O) groups is 2. The van der Waals surface area contributed by atoms with Crippen LogP contribution in [0.1, 0.15) is 10.6 Å². The normalized spacial score (nSPS) is 13.0. The second-order valence-electron chi connectivity index (χ2n) is 5.86. The lowest BCUT2D eigenvalue weighted by atomic mass is 10.1. The minimum Gasteiger partial charge on any atom is -0.482 e. The van der Waals surface area contributed by atoms with Gasteiger partial charge in [-0.1, -0.05) is 6.08 Å². The fraction of sp³-hybridized carbons (Fsp3) is 0.105. The Morgan fingerprint density at radius 1 is 1.39 bits per heavy atom. The van der Waals surface area contributed by atoms with Crippen LogP contribution in [0.2, 0.25) is 0 Å². The highest BCUT2D eigenvalue weighted by Crippen LogP contribution is 2.36. The van der Waals surface area contributed by atoms with Crippen molar-refractivity contribution in [1.29, 1.82) is 0 Å². The van der Waals surface area contributed by atoms with Crippen LogP contribution in [0.5, 0.6) is 5.75 Å². The summed E-state index contributed by atoms with van der Waals surface area (Å²) in [6.07, 6.45) is 1.67. The largest absolute Gasteiger partial charge is 0.482 e. The Kier molecular flexibility index (Phi) is 5.01. The van der Waals surface area contributed by atoms with Gasteiger partial charge in [0.1, 0.15) is 5.75 Å². The van der Waals surface area contributed by atoms with Crippen molar-refractivity contribution >= 4 is 49.9 Å². The number of fused-ring (bicyclic) bond motifs is 1. The molecule has 0 fully saturated rings. The van der Waals surface area contributed by atoms with Gasteiger partial charge in [0.05, 0.1) is 11.4 Å². The highest BCUT2D eigenvalue weighted by molar-refractivity contribution is 9.10. The van der Waals surface area contributed by atoms with E-state index in [1.165, 1.54) is 11.3 Å². The summed E-state index contributed by atoms with van der Waals surface area (Å²) < 4.78 is 11.2. The summed E-state index contributed by atoms with van der Waals surface area (Å²) in [6.45, 7) is 4.11. The van der Waals surface area contributed by atoms with Crippen LogP contribution in [-0.4, -0.2) is 29.9 Å². The Bertz CT molecular complexity index is 1070. The number of nitrogens with zero attached hydrogens (tertiary/aromatic N) is 2. The van der Waals surface area contributed by atoms with E-state index in [1.807, 2.05) is 23.6 Å². The molecule has 4 rings (SSSR count). The molecule has 0 saturated carbocycles. The number of rotatable bonds is 5. The zero-order valence-electron chi connectivity index (χ0n) is 14.5. The maximum Gasteiger partial charge on any atom is 0.293 e. The van der Waals surface area contributed by atoms with Crippen molar-refractivity contribution in [3.63, 3.8) is 0 Å². The number of halogens is 1. The van der Waals surface area contributed by atoms with Gasteiger partial charge in [-0.2, -0.15) is 0 Å². The van der Waals surface area contributed by atoms with Gasteiger partial charge < -0.3 is 14.1 Å². The standard InChI is InChI=1S/C19H14BrN3O4S/c1-2-7-23-13-8-11(3-4-14(13)26-9-17(23)24)12-10-28-19(21-12)22-18(25)15-5-6-16(20)27-15/h2-6,8,10H,1,7,9H2,(H,21,22,25). The third-order valence-corrected chi connectivity index (χ3v) is 5.21. The predicted molar refractivity (Wildman–Crippen MR) is 110 cm³/mol. The lowest BCUT2D eigenvalue weighted by Crippen LogP contribution is -2.38. The van der Waals surface area contributed by atoms with E-state index in [9.17, 15) is 9.59 Å². The number of carbonyl (C=O) groups excluding carboxylic acids is 2. The van der Waals surface area contributed by atoms with Crippen LogP contribution in [0.3, 0.4) is 0 Å². The summed E-state index contributed by atoms with van der Waals surface area (Å²) >= 11 is 4.47. The first-order valence-electron chi connectivity index (χ1n) is 8.26. The number of hydrogen-bond donors (Lipinski definition) is 1. The van der Waals surface area contributed by atoms with E-state index >= 15 is 0 Å². The van der Waals surface area contributed by atoms with Crippen LogP contribution in [0, 0.1) is 0 Å². The van der Waals surface area contributed by atoms with Crippen LogP contribution < -0.4 is 15.0 Å². The molecule has 2 aromatic heterocycles. The smallest absolute Gasteiger partial charge is 0.293 e. The van der Waals surface area contributed by atoms with Gasteiger partial charge in [0.2, 0.25) is 0 Å². The summed E-state index contributed by atoms with van der Waals surface area (Å²) in [5.41, 5.74) is 2.16. The highest BCUT2D eigenvalue weighted by atomic mass is 79.9. The number of nitrogens with one attached hydrogen (secondary N) is 1. The summed E-state index contributed by atoms with van der Waals surface area (Å²) in [7, 11) is 0. The van der Waals surface area contributed by atoms with E-state index in [0.29, 0.717) is 33.5 Å². The van der Waals surface area contributed by atoms with Gasteiger partial charge in [-0.3, -0.25) is 14.9 Å². The molecule has 0 saturated heterocycles. The first-order chi connectivity index (χ1) is 13.5. The SMILES string of the molecule is C=CCN1C(=O)COc2ccc(-c3csc(NC(=O)c4ccc(Br)o4)n3)cc21. The summed E-state index contributed by atoms with van der Waals surface area (Å²) in [6, 6.07) is 8.74. The average Bonchev–Trinajstić information content (AvgIpc) is 3.33. The van der Waals surface area contributed by atoms with Gasteiger partial charge in [-0.05, 0) is 46.3 Å². The lowest BCUT2D eigenvalue weighted by Gasteiger charge is -2.28. The van der Waals surface area contributed by atoms with Gasteiger partial charge in [-0.15, -0.1) is 17.9 Å². The van der Waals surface area contributed by atoms with Gasteiger partial charge >= 0.3 is 0 Å². The molecule has 7 nitrogen and oxygen atoms in total. The zero-order chi connectivity index (χ0) is 19.7. The van der Waals surface area contributed by atoms with Crippen molar-refractivity contribution in [2.24, 2.45) is 0 Å². The highest BCUT2D eigenvalue weighted by Gasteiger charge is 2.25. The van der Waals surface area contributed by atoms with Crippen LogP contribution in [0.15, 0.2) is 57.5 Å². The molecule has 1 aliphatic heterocycles. The molecule has 28 heavy (non-hydrogen) atoms. The van der Waals surface area contributed by atoms with Crippen LogP contribution >= 0.6 is 27.3 Å². The fourth-order valence-electron chi connectivity index (χ4n) is 2.75. The molecule has 1 N–H and O–H groups in total. The maximum atomic E-state index is 12.2. The van der Waals surface area contributed by atoms with Crippen LogP contribution in [0.4, 0.5) is 10.8 Å². The lowest BCUT2D eigenvalue weighted by molar-refractivity contribution is -0.121. The Hall–Kier alpha value is -2.91. The number of aromatic nitrogens is 1. The third kappa shape index (κ3) is 3.58. The molecule has 0 radical (unpaired) electrons. The monoisotopic (exact) mass is 459 g/mol. The van der Waals surface area contributed by atoms with Gasteiger partial charge in [0.25, 0.3) is 11.8 Å². The number of furan rings is 1. The number of ether oxygens (including phenoxy) is 1. The van der Waals surface area contributed by atoms with E-state index in [1.54, 1.807) is 23.1 Å². The predicted octanol–water partition coefficient (Wildman–Crippen LogP) is 4.33. The number of benzene rings is 1. The second kappa shape index (κ2) is 7.61. The van der Waals surface area contributed by atoms with E-state index in [0.717, 1.165) is 5.56 Å². The minimum atomic E-state index is -0.381. The van der Waals surface area contributed by atoms with Crippen molar-refractivity contribution in [3.8, 4) is 17.0 Å². The van der Waals surface area contributed by atoms with Crippen molar-refractivity contribution in [2.75, 3.05) is 23.4 Å². The second-order valence-corrected chi connectivity index (χ2v) is 7.50. The van der Waals surface area contributed by atoms with Gasteiger partial charge in [0, 0.05) is 17.5 Å². The molecule has 1 aliphatic rings. The minimum absolute atomic E-state index is 0.00988. The Morgan fingerprint density at radius 3 is 3.00 bits per heavy atom. The van der Waals surface area contributed by atoms with E-state index in [2.05, 4.69) is 32.8 Å². The first-order valence-corrected chi connectivity index (χ1v) is 9.93. The molecular weight excluding hydrogens is 446 g/mol. The van der Waals surface area contributed by atoms with Gasteiger partial charge in [0.15, 0.2) is 22.2 Å². The molecule has 0 bridgehead atoms. The molecule has 0 unspecified atom stereocenters. The van der Waals surface area contributed by atoms with E-state index < -0.39 is 0 Å². The van der Waals surface area contributed by atoms with E-state index in [-0.39, 0.29) is 24.2 Å². The fourth-order valence-corrected chi connectivity index (χ4v) is 3.77. The van der Waals surface area contributed by atoms with Crippen molar-refractivity contribution < 1.29 is 18.7 Å². The molecule has 0 aliphatic carbocycles. The van der Waals surface area contributed by atoms with Crippen LogP contribution in [0.25, 0.3) is 11.3 Å². The molecular formula is C19H14BrN3O4S. The molecule has 1 aromatic carbocycles. The first kappa shape index (κ1) is 18.5. The van der Waals surface area contributed by atoms with Crippen molar-refractivity contribution in [2.45, 2.75) is 0 Å². The summed E-state index contributed by atoms with van der Waals surface area (Å²) in [4.78, 5) is 30.4. The zero-order valence-corrected chi connectivity index (χ0v) is 16.9. The molecule has 0 spiro atoms. The number of hydrogen-bond acceptors (Lipinski definition) is 6. The van der Waals surface area contributed by atoms with Crippen molar-refractivity contribution in [1.82, 2.24) is 4.98 Å². The quantitative estimate of drug-likeness (QED) is 0.573. The average molecular weight is 460 g/mol. The molecule has 3 heterocycles. The Morgan fingerprint density at radius 2 is 2.25 bits per heavy atom. The van der Waals surface area contributed by atoms with Crippen LogP contribution in [-0.2, 0) is 4.79 Å². The molecule has 2 amide bonds. The molecule has 142 valence electrons.